The van der Waals surface area contributed by atoms with Crippen molar-refractivity contribution < 1.29 is 43.2 Å². The molecule has 0 bridgehead atoms. The molecule has 0 aromatic carbocycles. The third-order valence-electron chi connectivity index (χ3n) is 4.02. The maximum atomic E-state index is 14.4. The molecule has 0 radical (unpaired) electrons. The maximum Gasteiger partial charge on any atom is 0.409 e. The van der Waals surface area contributed by atoms with Crippen LogP contribution in [0.3, 0.4) is 0 Å². The van der Waals surface area contributed by atoms with E-state index in [9.17, 15) is 29.0 Å². The second kappa shape index (κ2) is 13.3. The highest BCUT2D eigenvalue weighted by Crippen LogP contribution is 2.25. The molecule has 11 nitrogen and oxygen atoms in total. The highest BCUT2D eigenvalue weighted by Gasteiger charge is 2.35. The van der Waals surface area contributed by atoms with Crippen molar-refractivity contribution >= 4 is 30.2 Å². The van der Waals surface area contributed by atoms with Gasteiger partial charge in [-0.1, -0.05) is 13.8 Å². The van der Waals surface area contributed by atoms with Crippen molar-refractivity contribution in [2.75, 3.05) is 32.2 Å². The average Bonchev–Trinajstić information content (AvgIpc) is 3.21. The van der Waals surface area contributed by atoms with Crippen LogP contribution in [-0.4, -0.2) is 78.7 Å². The summed E-state index contributed by atoms with van der Waals surface area (Å²) < 4.78 is 29.9. The monoisotopic (exact) mass is 467 g/mol. The number of nitrogens with one attached hydrogen (secondary N) is 3. The molecular formula is C18H30FN3O8S. The van der Waals surface area contributed by atoms with Gasteiger partial charge in [0.1, 0.15) is 23.7 Å². The molecule has 178 valence electrons. The Labute approximate surface area is 184 Å². The molecule has 0 aromatic rings. The molecule has 0 spiro atoms. The molecule has 1 saturated heterocycles. The van der Waals surface area contributed by atoms with Gasteiger partial charge in [-0.05, 0) is 12.8 Å². The molecule has 5 N–H and O–H groups in total. The van der Waals surface area contributed by atoms with Gasteiger partial charge in [0.25, 0.3) is 0 Å². The fraction of sp³-hybridized carbons (Fsp3) is 0.722. The number of hydrogen-bond acceptors (Lipinski definition) is 10. The molecule has 13 heteroatoms. The van der Waals surface area contributed by atoms with E-state index in [2.05, 4.69) is 16.0 Å². The van der Waals surface area contributed by atoms with E-state index >= 15 is 0 Å². The van der Waals surface area contributed by atoms with Gasteiger partial charge < -0.3 is 35.1 Å². The Morgan fingerprint density at radius 2 is 2.00 bits per heavy atom. The first kappa shape index (κ1) is 26.9. The molecule has 3 atom stereocenters. The SMILES string of the molecule is CC(C)COC(=O)NC(NC=O)/C(F)=C\N[C@H]1CS[C@@H](COC(=O)C(C)(CO)CO)O1. The molecule has 1 rings (SSSR count). The number of hydrogen-bond donors (Lipinski definition) is 5. The van der Waals surface area contributed by atoms with Gasteiger partial charge in [0.15, 0.2) is 12.0 Å². The lowest BCUT2D eigenvalue weighted by atomic mass is 9.93. The highest BCUT2D eigenvalue weighted by molar-refractivity contribution is 8.00. The Morgan fingerprint density at radius 3 is 2.58 bits per heavy atom. The zero-order chi connectivity index (χ0) is 23.4. The van der Waals surface area contributed by atoms with Gasteiger partial charge in [-0.3, -0.25) is 14.9 Å². The van der Waals surface area contributed by atoms with Crippen LogP contribution in [0.5, 0.6) is 0 Å². The van der Waals surface area contributed by atoms with Crippen LogP contribution < -0.4 is 16.0 Å². The minimum Gasteiger partial charge on any atom is -0.461 e. The number of aliphatic hydroxyl groups is 2. The fourth-order valence-electron chi connectivity index (χ4n) is 2.04. The summed E-state index contributed by atoms with van der Waals surface area (Å²) in [4.78, 5) is 34.3. The summed E-state index contributed by atoms with van der Waals surface area (Å²) in [5.74, 6) is -1.16. The number of carbonyl (C=O) groups excluding carboxylic acids is 3. The largest absolute Gasteiger partial charge is 0.461 e. The van der Waals surface area contributed by atoms with Crippen LogP contribution in [-0.2, 0) is 23.8 Å². The number of halogens is 1. The van der Waals surface area contributed by atoms with Gasteiger partial charge in [-0.15, -0.1) is 11.8 Å². The smallest absolute Gasteiger partial charge is 0.409 e. The molecule has 1 aliphatic rings. The first-order valence-electron chi connectivity index (χ1n) is 9.55. The van der Waals surface area contributed by atoms with E-state index < -0.39 is 54.3 Å². The third-order valence-corrected chi connectivity index (χ3v) is 5.13. The number of carbonyl (C=O) groups is 3. The quantitative estimate of drug-likeness (QED) is 0.140. The topological polar surface area (TPSA) is 155 Å². The maximum absolute atomic E-state index is 14.4. The summed E-state index contributed by atoms with van der Waals surface area (Å²) >= 11 is 1.31. The summed E-state index contributed by atoms with van der Waals surface area (Å²) in [5.41, 5.74) is -1.94. The van der Waals surface area contributed by atoms with Gasteiger partial charge in [-0.25, -0.2) is 9.18 Å². The Hall–Kier alpha value is -2.09. The van der Waals surface area contributed by atoms with Crippen molar-refractivity contribution in [1.82, 2.24) is 16.0 Å². The van der Waals surface area contributed by atoms with E-state index in [-0.39, 0.29) is 25.5 Å². The predicted octanol–water partition coefficient (Wildman–Crippen LogP) is -0.209. The highest BCUT2D eigenvalue weighted by atomic mass is 32.2. The van der Waals surface area contributed by atoms with Crippen molar-refractivity contribution in [2.45, 2.75) is 38.6 Å². The number of esters is 1. The number of alkyl carbamates (subject to hydrolysis) is 1. The second-order valence-corrected chi connectivity index (χ2v) is 8.61. The number of ether oxygens (including phenoxy) is 3. The molecule has 2 amide bonds. The first-order chi connectivity index (χ1) is 14.6. The number of rotatable bonds is 13. The summed E-state index contributed by atoms with van der Waals surface area (Å²) in [5, 5.41) is 25.4. The summed E-state index contributed by atoms with van der Waals surface area (Å²) in [6.07, 6.45) is -1.75. The van der Waals surface area contributed by atoms with Gasteiger partial charge in [-0.2, -0.15) is 0 Å². The summed E-state index contributed by atoms with van der Waals surface area (Å²) in [6.45, 7) is 3.93. The van der Waals surface area contributed by atoms with Crippen molar-refractivity contribution in [3.05, 3.63) is 12.0 Å². The van der Waals surface area contributed by atoms with Crippen molar-refractivity contribution in [2.24, 2.45) is 11.3 Å². The van der Waals surface area contributed by atoms with Gasteiger partial charge >= 0.3 is 12.1 Å². The third kappa shape index (κ3) is 9.29. The van der Waals surface area contributed by atoms with Crippen LogP contribution in [0, 0.1) is 11.3 Å². The van der Waals surface area contributed by atoms with Crippen molar-refractivity contribution in [1.29, 1.82) is 0 Å². The molecule has 0 aromatic heterocycles. The van der Waals surface area contributed by atoms with Crippen molar-refractivity contribution in [3.8, 4) is 0 Å². The zero-order valence-electron chi connectivity index (χ0n) is 17.6. The number of amides is 2. The van der Waals surface area contributed by atoms with Crippen LogP contribution in [0.25, 0.3) is 0 Å². The first-order valence-corrected chi connectivity index (χ1v) is 10.6. The summed E-state index contributed by atoms with van der Waals surface area (Å²) in [7, 11) is 0. The van der Waals surface area contributed by atoms with E-state index in [1.807, 2.05) is 13.8 Å². The fourth-order valence-corrected chi connectivity index (χ4v) is 2.99. The molecule has 1 heterocycles. The molecule has 0 aliphatic carbocycles. The lowest BCUT2D eigenvalue weighted by Gasteiger charge is -2.23. The molecule has 1 fully saturated rings. The zero-order valence-corrected chi connectivity index (χ0v) is 18.4. The summed E-state index contributed by atoms with van der Waals surface area (Å²) in [6, 6.07) is 0. The molecule has 1 aliphatic heterocycles. The Bertz CT molecular complexity index is 633. The van der Waals surface area contributed by atoms with Crippen LogP contribution in [0.4, 0.5) is 9.18 Å². The second-order valence-electron chi connectivity index (χ2n) is 7.41. The van der Waals surface area contributed by atoms with Gasteiger partial charge in [0.05, 0.1) is 19.8 Å². The van der Waals surface area contributed by atoms with Crippen molar-refractivity contribution in [3.63, 3.8) is 0 Å². The molecule has 31 heavy (non-hydrogen) atoms. The van der Waals surface area contributed by atoms with Gasteiger partial charge in [0, 0.05) is 12.0 Å². The van der Waals surface area contributed by atoms with Crippen LogP contribution in [0.15, 0.2) is 12.0 Å². The average molecular weight is 468 g/mol. The molecule has 1 unspecified atom stereocenters. The number of aliphatic hydroxyl groups excluding tert-OH is 2. The normalized spacial score (nSPS) is 20.2. The van der Waals surface area contributed by atoms with E-state index in [0.29, 0.717) is 5.75 Å². The predicted molar refractivity (Wildman–Crippen MR) is 109 cm³/mol. The Balaban J connectivity index is 2.50. The molecular weight excluding hydrogens is 437 g/mol. The van der Waals surface area contributed by atoms with E-state index in [1.54, 1.807) is 0 Å². The van der Waals surface area contributed by atoms with Crippen LogP contribution in [0.1, 0.15) is 20.8 Å². The van der Waals surface area contributed by atoms with E-state index in [1.165, 1.54) is 18.7 Å². The molecule has 0 saturated carbocycles. The lowest BCUT2D eigenvalue weighted by molar-refractivity contribution is -0.162. The lowest BCUT2D eigenvalue weighted by Crippen LogP contribution is -2.46. The minimum atomic E-state index is -1.43. The van der Waals surface area contributed by atoms with Gasteiger partial charge in [0.2, 0.25) is 6.41 Å². The Kier molecular flexibility index (Phi) is 11.6. The van der Waals surface area contributed by atoms with E-state index in [0.717, 1.165) is 6.20 Å². The Morgan fingerprint density at radius 1 is 1.32 bits per heavy atom. The minimum absolute atomic E-state index is 0.0931. The van der Waals surface area contributed by atoms with E-state index in [4.69, 9.17) is 14.2 Å². The van der Waals surface area contributed by atoms with Crippen LogP contribution >= 0.6 is 11.8 Å². The standard InChI is InChI=1S/C18H30FN3O8S/c1-11(2)5-29-17(27)22-15(21-10-25)12(19)4-20-13-7-31-14(30-13)6-28-16(26)18(3,8-23)9-24/h4,10-11,13-15,20,23-24H,5-9H2,1-3H3,(H,21,25)(H,22,27)/b12-4+/t13-,14+,15?/m1/s1. The number of thioether (sulfide) groups is 1. The van der Waals surface area contributed by atoms with Crippen LogP contribution in [0.2, 0.25) is 0 Å².